The minimum atomic E-state index is -0.624. The van der Waals surface area contributed by atoms with Crippen LogP contribution >= 0.6 is 11.6 Å². The first-order chi connectivity index (χ1) is 11.0. The first-order valence-corrected chi connectivity index (χ1v) is 7.11. The fourth-order valence-electron chi connectivity index (χ4n) is 1.82. The highest BCUT2D eigenvalue weighted by Gasteiger charge is 2.11. The molecule has 0 fully saturated rings. The van der Waals surface area contributed by atoms with Gasteiger partial charge in [-0.3, -0.25) is 4.79 Å². The van der Waals surface area contributed by atoms with Crippen molar-refractivity contribution in [3.8, 4) is 11.8 Å². The molecule has 0 unspecified atom stereocenters. The maximum absolute atomic E-state index is 12.1. The zero-order valence-corrected chi connectivity index (χ0v) is 13.1. The lowest BCUT2D eigenvalue weighted by molar-refractivity contribution is -0.112. The number of phenols is 1. The van der Waals surface area contributed by atoms with Crippen LogP contribution in [0.4, 0.5) is 11.4 Å². The molecule has 0 saturated carbocycles. The monoisotopic (exact) mass is 327 g/mol. The van der Waals surface area contributed by atoms with Crippen LogP contribution in [0.3, 0.4) is 0 Å². The average molecular weight is 328 g/mol. The second-order valence-corrected chi connectivity index (χ2v) is 5.18. The van der Waals surface area contributed by atoms with E-state index in [0.29, 0.717) is 10.7 Å². The molecule has 0 bridgehead atoms. The summed E-state index contributed by atoms with van der Waals surface area (Å²) in [5.74, 6) is -0.696. The number of halogens is 1. The summed E-state index contributed by atoms with van der Waals surface area (Å²) in [7, 11) is 0. The van der Waals surface area contributed by atoms with E-state index >= 15 is 0 Å². The number of phenolic OH excluding ortho intramolecular Hbond substituents is 1. The molecule has 0 spiro atoms. The molecule has 0 heterocycles. The lowest BCUT2D eigenvalue weighted by Gasteiger charge is -2.08. The van der Waals surface area contributed by atoms with Gasteiger partial charge in [-0.1, -0.05) is 29.8 Å². The number of para-hydroxylation sites is 2. The Morgan fingerprint density at radius 1 is 1.26 bits per heavy atom. The van der Waals surface area contributed by atoms with Crippen LogP contribution in [0.1, 0.15) is 5.56 Å². The van der Waals surface area contributed by atoms with E-state index in [1.54, 1.807) is 24.3 Å². The van der Waals surface area contributed by atoms with Gasteiger partial charge in [0.2, 0.25) is 0 Å². The lowest BCUT2D eigenvalue weighted by atomic mass is 10.2. The molecule has 1 amide bonds. The molecule has 2 aromatic rings. The Balaban J connectivity index is 2.16. The lowest BCUT2D eigenvalue weighted by Crippen LogP contribution is -2.14. The quantitative estimate of drug-likeness (QED) is 0.453. The van der Waals surface area contributed by atoms with E-state index in [9.17, 15) is 9.90 Å². The predicted octanol–water partition coefficient (Wildman–Crippen LogP) is 3.81. The van der Waals surface area contributed by atoms with E-state index in [4.69, 9.17) is 16.9 Å². The molecule has 2 aromatic carbocycles. The molecule has 0 aliphatic carbocycles. The minimum absolute atomic E-state index is 0.0724. The van der Waals surface area contributed by atoms with E-state index in [0.717, 1.165) is 5.56 Å². The number of hydrogen-bond donors (Lipinski definition) is 3. The van der Waals surface area contributed by atoms with Crippen LogP contribution < -0.4 is 10.6 Å². The van der Waals surface area contributed by atoms with Gasteiger partial charge in [-0.25, -0.2) is 0 Å². The van der Waals surface area contributed by atoms with Crippen molar-refractivity contribution in [2.75, 3.05) is 10.6 Å². The van der Waals surface area contributed by atoms with Crippen LogP contribution in [-0.4, -0.2) is 11.0 Å². The Bertz CT molecular complexity index is 810. The highest BCUT2D eigenvalue weighted by molar-refractivity contribution is 6.30. The number of amides is 1. The summed E-state index contributed by atoms with van der Waals surface area (Å²) in [4.78, 5) is 12.1. The minimum Gasteiger partial charge on any atom is -0.506 e. The zero-order valence-electron chi connectivity index (χ0n) is 12.3. The van der Waals surface area contributed by atoms with Gasteiger partial charge in [0.25, 0.3) is 5.91 Å². The molecule has 0 aliphatic rings. The fourth-order valence-corrected chi connectivity index (χ4v) is 1.99. The molecule has 2 rings (SSSR count). The Kier molecular flexibility index (Phi) is 5.23. The number of benzene rings is 2. The molecular formula is C17H14ClN3O2. The predicted molar refractivity (Wildman–Crippen MR) is 90.2 cm³/mol. The Morgan fingerprint density at radius 3 is 2.70 bits per heavy atom. The number of carbonyl (C=O) groups excluding carboxylic acids is 1. The average Bonchev–Trinajstić information content (AvgIpc) is 2.53. The van der Waals surface area contributed by atoms with Gasteiger partial charge >= 0.3 is 0 Å². The molecule has 0 atom stereocenters. The van der Waals surface area contributed by atoms with Gasteiger partial charge in [-0.05, 0) is 36.8 Å². The number of anilines is 2. The van der Waals surface area contributed by atoms with Gasteiger partial charge in [-0.2, -0.15) is 5.26 Å². The number of aryl methyl sites for hydroxylation is 1. The van der Waals surface area contributed by atoms with Crippen LogP contribution in [0, 0.1) is 18.3 Å². The largest absolute Gasteiger partial charge is 0.506 e. The van der Waals surface area contributed by atoms with Gasteiger partial charge in [-0.15, -0.1) is 0 Å². The highest BCUT2D eigenvalue weighted by atomic mass is 35.5. The number of rotatable bonds is 4. The van der Waals surface area contributed by atoms with Gasteiger partial charge in [0.05, 0.1) is 5.69 Å². The Labute approximate surface area is 138 Å². The van der Waals surface area contributed by atoms with E-state index < -0.39 is 5.91 Å². The Hall–Kier alpha value is -2.97. The number of aromatic hydroxyl groups is 1. The number of nitriles is 1. The summed E-state index contributed by atoms with van der Waals surface area (Å²) in [5, 5.41) is 24.7. The summed E-state index contributed by atoms with van der Waals surface area (Å²) in [5.41, 5.74) is 1.72. The number of nitrogens with zero attached hydrogens (tertiary/aromatic N) is 1. The van der Waals surface area contributed by atoms with Gasteiger partial charge in [0.15, 0.2) is 0 Å². The summed E-state index contributed by atoms with van der Waals surface area (Å²) in [6, 6.07) is 13.4. The molecule has 23 heavy (non-hydrogen) atoms. The van der Waals surface area contributed by atoms with E-state index in [1.165, 1.54) is 18.3 Å². The van der Waals surface area contributed by atoms with Crippen LogP contribution in [0.25, 0.3) is 0 Å². The van der Waals surface area contributed by atoms with Crippen LogP contribution in [0.2, 0.25) is 5.02 Å². The smallest absolute Gasteiger partial charge is 0.267 e. The highest BCUT2D eigenvalue weighted by Crippen LogP contribution is 2.23. The Morgan fingerprint density at radius 2 is 2.00 bits per heavy atom. The van der Waals surface area contributed by atoms with Crippen molar-refractivity contribution in [2.45, 2.75) is 6.92 Å². The summed E-state index contributed by atoms with van der Waals surface area (Å²) in [6.45, 7) is 1.88. The standard InChI is InChI=1S/C17H14ClN3O2/c1-11-6-7-13(18)8-15(11)20-10-12(9-19)17(23)21-14-4-2-3-5-16(14)22/h2-8,10,20,22H,1H3,(H,21,23)/b12-10-. The van der Waals surface area contributed by atoms with Crippen molar-refractivity contribution >= 4 is 28.9 Å². The second-order valence-electron chi connectivity index (χ2n) is 4.74. The van der Waals surface area contributed by atoms with Gasteiger partial charge in [0.1, 0.15) is 17.4 Å². The maximum Gasteiger partial charge on any atom is 0.267 e. The normalized spacial score (nSPS) is 10.7. The molecule has 5 nitrogen and oxygen atoms in total. The van der Waals surface area contributed by atoms with Gasteiger partial charge < -0.3 is 15.7 Å². The summed E-state index contributed by atoms with van der Waals surface area (Å²) in [6.07, 6.45) is 1.30. The van der Waals surface area contributed by atoms with Crippen molar-refractivity contribution in [3.05, 3.63) is 64.8 Å². The van der Waals surface area contributed by atoms with Crippen molar-refractivity contribution in [3.63, 3.8) is 0 Å². The zero-order chi connectivity index (χ0) is 16.8. The third-order valence-corrected chi connectivity index (χ3v) is 3.32. The molecule has 3 N–H and O–H groups in total. The van der Waals surface area contributed by atoms with E-state index in [2.05, 4.69) is 10.6 Å². The van der Waals surface area contributed by atoms with E-state index in [1.807, 2.05) is 19.1 Å². The molecular weight excluding hydrogens is 314 g/mol. The first kappa shape index (κ1) is 16.4. The van der Waals surface area contributed by atoms with Crippen molar-refractivity contribution in [1.82, 2.24) is 0 Å². The molecule has 0 aliphatic heterocycles. The van der Waals surface area contributed by atoms with Crippen LogP contribution in [0.15, 0.2) is 54.2 Å². The number of carbonyl (C=O) groups is 1. The summed E-state index contributed by atoms with van der Waals surface area (Å²) < 4.78 is 0. The molecule has 0 aromatic heterocycles. The van der Waals surface area contributed by atoms with Crippen molar-refractivity contribution in [1.29, 1.82) is 5.26 Å². The SMILES string of the molecule is Cc1ccc(Cl)cc1N/C=C(/C#N)C(=O)Nc1ccccc1O. The number of nitrogens with one attached hydrogen (secondary N) is 2. The molecule has 6 heteroatoms. The third-order valence-electron chi connectivity index (χ3n) is 3.09. The molecule has 0 saturated heterocycles. The third kappa shape index (κ3) is 4.25. The maximum atomic E-state index is 12.1. The summed E-state index contributed by atoms with van der Waals surface area (Å²) >= 11 is 5.92. The first-order valence-electron chi connectivity index (χ1n) is 6.73. The topological polar surface area (TPSA) is 85.2 Å². The van der Waals surface area contributed by atoms with Gasteiger partial charge in [0, 0.05) is 16.9 Å². The van der Waals surface area contributed by atoms with Crippen molar-refractivity contribution < 1.29 is 9.90 Å². The van der Waals surface area contributed by atoms with Crippen LogP contribution in [-0.2, 0) is 4.79 Å². The van der Waals surface area contributed by atoms with E-state index in [-0.39, 0.29) is 17.0 Å². The number of hydrogen-bond acceptors (Lipinski definition) is 4. The van der Waals surface area contributed by atoms with Crippen LogP contribution in [0.5, 0.6) is 5.75 Å². The molecule has 0 radical (unpaired) electrons. The molecule has 116 valence electrons. The fraction of sp³-hybridized carbons (Fsp3) is 0.0588. The second kappa shape index (κ2) is 7.34. The van der Waals surface area contributed by atoms with Crippen molar-refractivity contribution in [2.24, 2.45) is 0 Å².